The third-order valence-electron chi connectivity index (χ3n) is 6.18. The maximum absolute atomic E-state index is 15.2. The van der Waals surface area contributed by atoms with Gasteiger partial charge in [-0.25, -0.2) is 32.0 Å². The molecule has 10 nitrogen and oxygen atoms in total. The van der Waals surface area contributed by atoms with Crippen LogP contribution in [0.1, 0.15) is 19.8 Å². The number of alkyl halides is 4. The van der Waals surface area contributed by atoms with E-state index in [1.54, 1.807) is 0 Å². The minimum Gasteiger partial charge on any atom is -0.479 e. The third-order valence-corrected chi connectivity index (χ3v) is 6.18. The molecule has 1 aliphatic heterocycles. The Morgan fingerprint density at radius 1 is 1.37 bits per heavy atom. The molecule has 0 bridgehead atoms. The predicted molar refractivity (Wildman–Crippen MR) is 128 cm³/mol. The quantitative estimate of drug-likeness (QED) is 0.261. The maximum atomic E-state index is 15.2. The second-order valence-electron chi connectivity index (χ2n) is 8.73. The molecule has 4 rings (SSSR count). The topological polar surface area (TPSA) is 120 Å². The van der Waals surface area contributed by atoms with Crippen LogP contribution in [0.4, 0.5) is 39.3 Å². The number of likely N-dealkylation sites (tertiary alicyclic amines) is 1. The number of hydrogen-bond acceptors (Lipinski definition) is 8. The SMILES string of the molecule is COc1nc(N[C@@H]2CCN(C(C)=O)CC2(F)F)nn2cc(F)c(-c3ccc(N=N)c(NCCC(F)F)c3)c12. The molecule has 0 radical (unpaired) electrons. The maximum Gasteiger partial charge on any atom is 0.285 e. The number of fused-ring (bicyclic) bond motifs is 1. The Hall–Kier alpha value is -4.04. The molecule has 1 aromatic carbocycles. The molecular formula is C23H25F5N8O2. The highest BCUT2D eigenvalue weighted by Gasteiger charge is 2.46. The van der Waals surface area contributed by atoms with Gasteiger partial charge in [0.05, 0.1) is 37.1 Å². The summed E-state index contributed by atoms with van der Waals surface area (Å²) in [6, 6.07) is 2.99. The smallest absolute Gasteiger partial charge is 0.285 e. The van der Waals surface area contributed by atoms with Crippen molar-refractivity contribution >= 4 is 28.7 Å². The van der Waals surface area contributed by atoms with Gasteiger partial charge in [-0.05, 0) is 24.1 Å². The van der Waals surface area contributed by atoms with E-state index in [0.29, 0.717) is 5.56 Å². The second-order valence-corrected chi connectivity index (χ2v) is 8.73. The number of halogens is 5. The van der Waals surface area contributed by atoms with E-state index in [9.17, 15) is 22.4 Å². The van der Waals surface area contributed by atoms with Crippen molar-refractivity contribution in [3.8, 4) is 17.0 Å². The first-order valence-electron chi connectivity index (χ1n) is 11.6. The van der Waals surface area contributed by atoms with Gasteiger partial charge in [-0.3, -0.25) is 4.79 Å². The molecule has 3 heterocycles. The summed E-state index contributed by atoms with van der Waals surface area (Å²) >= 11 is 0. The number of piperidine rings is 1. The number of amides is 1. The summed E-state index contributed by atoms with van der Waals surface area (Å²) in [5.41, 5.74) is 8.13. The fraction of sp³-hybridized carbons (Fsp3) is 0.435. The van der Waals surface area contributed by atoms with Gasteiger partial charge in [0.15, 0.2) is 5.82 Å². The summed E-state index contributed by atoms with van der Waals surface area (Å²) < 4.78 is 76.2. The lowest BCUT2D eigenvalue weighted by Crippen LogP contribution is -2.55. The van der Waals surface area contributed by atoms with Crippen LogP contribution in [-0.4, -0.2) is 70.5 Å². The summed E-state index contributed by atoms with van der Waals surface area (Å²) in [5.74, 6) is -4.78. The Bertz CT molecular complexity index is 1350. The van der Waals surface area contributed by atoms with Crippen LogP contribution in [0.3, 0.4) is 0 Å². The lowest BCUT2D eigenvalue weighted by atomic mass is 10.0. The highest BCUT2D eigenvalue weighted by atomic mass is 19.3. The Kier molecular flexibility index (Phi) is 7.64. The molecule has 0 spiro atoms. The van der Waals surface area contributed by atoms with Crippen molar-refractivity contribution in [1.82, 2.24) is 19.5 Å². The first-order valence-corrected chi connectivity index (χ1v) is 11.6. The normalized spacial score (nSPS) is 17.1. The Labute approximate surface area is 213 Å². The van der Waals surface area contributed by atoms with Crippen LogP contribution in [-0.2, 0) is 4.79 Å². The number of nitrogens with zero attached hydrogens (tertiary/aromatic N) is 5. The van der Waals surface area contributed by atoms with Gasteiger partial charge in [0.2, 0.25) is 24.2 Å². The Balaban J connectivity index is 1.68. The van der Waals surface area contributed by atoms with E-state index in [0.717, 1.165) is 15.6 Å². The number of carbonyl (C=O) groups excluding carboxylic acids is 1. The summed E-state index contributed by atoms with van der Waals surface area (Å²) in [6.45, 7) is 0.496. The van der Waals surface area contributed by atoms with Gasteiger partial charge in [0.25, 0.3) is 5.92 Å². The number of benzene rings is 1. The molecule has 38 heavy (non-hydrogen) atoms. The highest BCUT2D eigenvalue weighted by Crippen LogP contribution is 2.38. The lowest BCUT2D eigenvalue weighted by Gasteiger charge is -2.38. The number of ether oxygens (including phenoxy) is 1. The van der Waals surface area contributed by atoms with Gasteiger partial charge < -0.3 is 20.3 Å². The van der Waals surface area contributed by atoms with Gasteiger partial charge in [-0.2, -0.15) is 10.1 Å². The predicted octanol–water partition coefficient (Wildman–Crippen LogP) is 4.94. The van der Waals surface area contributed by atoms with Crippen LogP contribution in [0.15, 0.2) is 29.5 Å². The average molecular weight is 540 g/mol. The van der Waals surface area contributed by atoms with E-state index in [4.69, 9.17) is 10.3 Å². The van der Waals surface area contributed by atoms with Gasteiger partial charge >= 0.3 is 0 Å². The van der Waals surface area contributed by atoms with Gasteiger partial charge in [-0.1, -0.05) is 6.07 Å². The number of hydrogen-bond donors (Lipinski definition) is 3. The second kappa shape index (κ2) is 10.8. The van der Waals surface area contributed by atoms with E-state index < -0.39 is 43.1 Å². The lowest BCUT2D eigenvalue weighted by molar-refractivity contribution is -0.140. The zero-order valence-corrected chi connectivity index (χ0v) is 20.4. The largest absolute Gasteiger partial charge is 0.479 e. The molecule has 1 saturated heterocycles. The summed E-state index contributed by atoms with van der Waals surface area (Å²) in [4.78, 5) is 16.7. The van der Waals surface area contributed by atoms with Crippen LogP contribution >= 0.6 is 0 Å². The fourth-order valence-corrected chi connectivity index (χ4v) is 4.29. The first-order chi connectivity index (χ1) is 18.0. The van der Waals surface area contributed by atoms with Crippen molar-refractivity contribution in [2.45, 2.75) is 38.2 Å². The highest BCUT2D eigenvalue weighted by molar-refractivity contribution is 5.88. The van der Waals surface area contributed by atoms with Gasteiger partial charge in [0.1, 0.15) is 11.2 Å². The van der Waals surface area contributed by atoms with Crippen molar-refractivity contribution in [3.05, 3.63) is 30.2 Å². The number of carbonyl (C=O) groups is 1. The molecular weight excluding hydrogens is 515 g/mol. The molecule has 0 saturated carbocycles. The molecule has 3 aromatic rings. The van der Waals surface area contributed by atoms with Crippen molar-refractivity contribution in [2.75, 3.05) is 37.4 Å². The van der Waals surface area contributed by atoms with Crippen molar-refractivity contribution in [1.29, 1.82) is 5.53 Å². The van der Waals surface area contributed by atoms with Crippen LogP contribution in [0.2, 0.25) is 0 Å². The monoisotopic (exact) mass is 540 g/mol. The fourth-order valence-electron chi connectivity index (χ4n) is 4.29. The van der Waals surface area contributed by atoms with E-state index in [1.165, 1.54) is 32.2 Å². The van der Waals surface area contributed by atoms with Crippen molar-refractivity contribution in [3.63, 3.8) is 0 Å². The Morgan fingerprint density at radius 3 is 2.76 bits per heavy atom. The number of aromatic nitrogens is 3. The summed E-state index contributed by atoms with van der Waals surface area (Å²) in [5, 5.41) is 12.9. The number of methoxy groups -OCH3 is 1. The van der Waals surface area contributed by atoms with Gasteiger partial charge in [-0.15, -0.1) is 5.10 Å². The third kappa shape index (κ3) is 5.45. The number of anilines is 2. The van der Waals surface area contributed by atoms with E-state index in [2.05, 4.69) is 25.8 Å². The zero-order valence-electron chi connectivity index (χ0n) is 20.4. The van der Waals surface area contributed by atoms with E-state index in [1.807, 2.05) is 0 Å². The molecule has 3 N–H and O–H groups in total. The summed E-state index contributed by atoms with van der Waals surface area (Å²) in [6.07, 6.45) is -1.99. The molecule has 1 fully saturated rings. The van der Waals surface area contributed by atoms with E-state index in [-0.39, 0.29) is 53.8 Å². The van der Waals surface area contributed by atoms with Crippen LogP contribution in [0.25, 0.3) is 16.6 Å². The minimum atomic E-state index is -3.26. The zero-order chi connectivity index (χ0) is 27.6. The van der Waals surface area contributed by atoms with Crippen LogP contribution in [0, 0.1) is 11.3 Å². The van der Waals surface area contributed by atoms with Crippen molar-refractivity contribution in [2.24, 2.45) is 5.11 Å². The van der Waals surface area contributed by atoms with Crippen molar-refractivity contribution < 1.29 is 31.5 Å². The molecule has 0 aliphatic carbocycles. The molecule has 204 valence electrons. The first kappa shape index (κ1) is 27.0. The molecule has 1 amide bonds. The van der Waals surface area contributed by atoms with Crippen LogP contribution < -0.4 is 15.4 Å². The number of nitrogens with one attached hydrogen (secondary N) is 3. The molecule has 2 aromatic heterocycles. The standard InChI is InChI=1S/C23H25F5N8O2/c1-12(37)35-8-6-17(23(27,28)11-35)31-22-32-21(38-2)20-19(14(24)10-36(20)34-22)13-3-4-15(33-29)16(9-13)30-7-5-18(25)26/h3-4,9-10,17-18,29-30H,5-8,11H2,1-2H3,(H,31,34)/t17-/m1/s1. The summed E-state index contributed by atoms with van der Waals surface area (Å²) in [7, 11) is 1.28. The number of rotatable bonds is 9. The minimum absolute atomic E-state index is 0.0157. The van der Waals surface area contributed by atoms with Crippen LogP contribution in [0.5, 0.6) is 5.88 Å². The Morgan fingerprint density at radius 2 is 2.13 bits per heavy atom. The average Bonchev–Trinajstić information content (AvgIpc) is 3.19. The van der Waals surface area contributed by atoms with Gasteiger partial charge in [0, 0.05) is 26.4 Å². The molecule has 0 unspecified atom stereocenters. The molecule has 1 aliphatic rings. The molecule has 15 heteroatoms. The van der Waals surface area contributed by atoms with E-state index >= 15 is 4.39 Å². The molecule has 1 atom stereocenters.